The minimum atomic E-state index is -3.28. The standard InChI is InChI=1S/C16H14FN3O2S2/c1-24(21,22)13-6-4-11(5-7-13)16-19-14(17)9-15(20-16)18-10-12-3-2-8-23-12/h2-9H,10H2,1H3,(H,18,19,20). The molecule has 2 heterocycles. The Morgan fingerprint density at radius 3 is 2.54 bits per heavy atom. The van der Waals surface area contributed by atoms with Crippen LogP contribution in [0.1, 0.15) is 4.88 Å². The highest BCUT2D eigenvalue weighted by atomic mass is 32.2. The van der Waals surface area contributed by atoms with Crippen LogP contribution < -0.4 is 5.32 Å². The van der Waals surface area contributed by atoms with Crippen LogP contribution in [-0.4, -0.2) is 24.6 Å². The van der Waals surface area contributed by atoms with E-state index in [2.05, 4.69) is 15.3 Å². The van der Waals surface area contributed by atoms with Crippen molar-refractivity contribution >= 4 is 27.0 Å². The molecule has 24 heavy (non-hydrogen) atoms. The molecular weight excluding hydrogens is 349 g/mol. The lowest BCUT2D eigenvalue weighted by molar-refractivity contribution is 0.582. The highest BCUT2D eigenvalue weighted by Crippen LogP contribution is 2.20. The highest BCUT2D eigenvalue weighted by molar-refractivity contribution is 7.90. The first kappa shape index (κ1) is 16.5. The smallest absolute Gasteiger partial charge is 0.218 e. The molecule has 0 fully saturated rings. The lowest BCUT2D eigenvalue weighted by Gasteiger charge is -2.07. The van der Waals surface area contributed by atoms with Gasteiger partial charge in [0.05, 0.1) is 11.4 Å². The number of benzene rings is 1. The predicted molar refractivity (Wildman–Crippen MR) is 92.2 cm³/mol. The van der Waals surface area contributed by atoms with Crippen molar-refractivity contribution in [3.63, 3.8) is 0 Å². The van der Waals surface area contributed by atoms with Crippen LogP contribution >= 0.6 is 11.3 Å². The molecule has 8 heteroatoms. The molecule has 1 N–H and O–H groups in total. The number of sulfone groups is 1. The molecule has 0 saturated heterocycles. The molecule has 0 aliphatic heterocycles. The maximum atomic E-state index is 13.8. The number of hydrogen-bond donors (Lipinski definition) is 1. The van der Waals surface area contributed by atoms with Gasteiger partial charge in [-0.3, -0.25) is 0 Å². The number of hydrogen-bond acceptors (Lipinski definition) is 6. The number of aromatic nitrogens is 2. The normalized spacial score (nSPS) is 11.4. The van der Waals surface area contributed by atoms with Gasteiger partial charge in [0.15, 0.2) is 15.7 Å². The van der Waals surface area contributed by atoms with E-state index in [0.717, 1.165) is 11.1 Å². The van der Waals surface area contributed by atoms with Gasteiger partial charge in [-0.25, -0.2) is 13.4 Å². The molecule has 3 rings (SSSR count). The number of thiophene rings is 1. The van der Waals surface area contributed by atoms with Gasteiger partial charge >= 0.3 is 0 Å². The Bertz CT molecular complexity index is 940. The summed E-state index contributed by atoms with van der Waals surface area (Å²) in [5.74, 6) is -0.0808. The third-order valence-corrected chi connectivity index (χ3v) is 5.26. The van der Waals surface area contributed by atoms with Gasteiger partial charge in [0.25, 0.3) is 0 Å². The Morgan fingerprint density at radius 2 is 1.92 bits per heavy atom. The first-order valence-corrected chi connectivity index (χ1v) is 9.80. The number of rotatable bonds is 5. The van der Waals surface area contributed by atoms with Crippen molar-refractivity contribution in [2.24, 2.45) is 0 Å². The molecule has 0 unspecified atom stereocenters. The lowest BCUT2D eigenvalue weighted by atomic mass is 10.2. The van der Waals surface area contributed by atoms with Crippen LogP contribution in [-0.2, 0) is 16.4 Å². The lowest BCUT2D eigenvalue weighted by Crippen LogP contribution is -2.03. The van der Waals surface area contributed by atoms with Gasteiger partial charge in [-0.15, -0.1) is 11.3 Å². The summed E-state index contributed by atoms with van der Waals surface area (Å²) in [5, 5.41) is 5.02. The fourth-order valence-electron chi connectivity index (χ4n) is 2.08. The van der Waals surface area contributed by atoms with Crippen LogP contribution in [0, 0.1) is 5.95 Å². The Kier molecular flexibility index (Phi) is 4.59. The Labute approximate surface area is 143 Å². The van der Waals surface area contributed by atoms with Crippen molar-refractivity contribution in [3.8, 4) is 11.4 Å². The number of nitrogens with zero attached hydrogens (tertiary/aromatic N) is 2. The van der Waals surface area contributed by atoms with E-state index in [9.17, 15) is 12.8 Å². The molecule has 0 spiro atoms. The summed E-state index contributed by atoms with van der Waals surface area (Å²) in [6, 6.07) is 11.2. The average Bonchev–Trinajstić information content (AvgIpc) is 3.05. The van der Waals surface area contributed by atoms with Crippen molar-refractivity contribution < 1.29 is 12.8 Å². The van der Waals surface area contributed by atoms with E-state index in [1.807, 2.05) is 17.5 Å². The molecular formula is C16H14FN3O2S2. The van der Waals surface area contributed by atoms with Crippen molar-refractivity contribution in [1.82, 2.24) is 9.97 Å². The van der Waals surface area contributed by atoms with Crippen molar-refractivity contribution in [2.75, 3.05) is 11.6 Å². The van der Waals surface area contributed by atoms with Crippen LogP contribution in [0.3, 0.4) is 0 Å². The summed E-state index contributed by atoms with van der Waals surface area (Å²) >= 11 is 1.59. The van der Waals surface area contributed by atoms with E-state index < -0.39 is 15.8 Å². The number of anilines is 1. The molecule has 1 aromatic carbocycles. The minimum absolute atomic E-state index is 0.193. The monoisotopic (exact) mass is 363 g/mol. The van der Waals surface area contributed by atoms with Crippen LogP contribution in [0.5, 0.6) is 0 Å². The van der Waals surface area contributed by atoms with Gasteiger partial charge in [0.1, 0.15) is 5.82 Å². The van der Waals surface area contributed by atoms with Gasteiger partial charge in [-0.1, -0.05) is 6.07 Å². The summed E-state index contributed by atoms with van der Waals surface area (Å²) in [6.45, 7) is 0.542. The first-order chi connectivity index (χ1) is 11.4. The zero-order chi connectivity index (χ0) is 17.2. The average molecular weight is 363 g/mol. The first-order valence-electron chi connectivity index (χ1n) is 7.03. The summed E-state index contributed by atoms with van der Waals surface area (Å²) < 4.78 is 36.7. The molecule has 0 aliphatic rings. The van der Waals surface area contributed by atoms with Gasteiger partial charge in [-0.2, -0.15) is 9.37 Å². The van der Waals surface area contributed by atoms with Crippen LogP contribution in [0.4, 0.5) is 10.2 Å². The summed E-state index contributed by atoms with van der Waals surface area (Å²) in [7, 11) is -3.28. The Hall–Kier alpha value is -2.32. The highest BCUT2D eigenvalue weighted by Gasteiger charge is 2.10. The predicted octanol–water partition coefficient (Wildman–Crippen LogP) is 3.36. The second-order valence-corrected chi connectivity index (χ2v) is 8.18. The second-order valence-electron chi connectivity index (χ2n) is 5.13. The molecule has 0 aliphatic carbocycles. The van der Waals surface area contributed by atoms with Gasteiger partial charge in [0, 0.05) is 22.8 Å². The van der Waals surface area contributed by atoms with E-state index in [1.165, 1.54) is 18.2 Å². The molecule has 0 saturated carbocycles. The van der Waals surface area contributed by atoms with E-state index >= 15 is 0 Å². The zero-order valence-corrected chi connectivity index (χ0v) is 14.4. The van der Waals surface area contributed by atoms with E-state index in [1.54, 1.807) is 23.5 Å². The summed E-state index contributed by atoms with van der Waals surface area (Å²) in [5.41, 5.74) is 0.543. The van der Waals surface area contributed by atoms with Gasteiger partial charge in [0.2, 0.25) is 5.95 Å². The van der Waals surface area contributed by atoms with Gasteiger partial charge < -0.3 is 5.32 Å². The quantitative estimate of drug-likeness (QED) is 0.704. The fourth-order valence-corrected chi connectivity index (χ4v) is 3.35. The minimum Gasteiger partial charge on any atom is -0.365 e. The molecule has 0 atom stereocenters. The SMILES string of the molecule is CS(=O)(=O)c1ccc(-c2nc(F)cc(NCc3cccs3)n2)cc1. The summed E-state index contributed by atoms with van der Waals surface area (Å²) in [6.07, 6.45) is 1.13. The summed E-state index contributed by atoms with van der Waals surface area (Å²) in [4.78, 5) is 9.36. The maximum Gasteiger partial charge on any atom is 0.218 e. The fraction of sp³-hybridized carbons (Fsp3) is 0.125. The van der Waals surface area contributed by atoms with Crippen molar-refractivity contribution in [2.45, 2.75) is 11.4 Å². The molecule has 0 bridgehead atoms. The van der Waals surface area contributed by atoms with E-state index in [0.29, 0.717) is 17.9 Å². The topological polar surface area (TPSA) is 72.0 Å². The van der Waals surface area contributed by atoms with E-state index in [-0.39, 0.29) is 10.7 Å². The molecule has 124 valence electrons. The third-order valence-electron chi connectivity index (χ3n) is 3.26. The van der Waals surface area contributed by atoms with Crippen LogP contribution in [0.2, 0.25) is 0 Å². The molecule has 2 aromatic heterocycles. The second kappa shape index (κ2) is 6.66. The Balaban J connectivity index is 1.85. The molecule has 3 aromatic rings. The van der Waals surface area contributed by atoms with Crippen molar-refractivity contribution in [3.05, 3.63) is 58.7 Å². The zero-order valence-electron chi connectivity index (χ0n) is 12.7. The number of halogens is 1. The number of nitrogens with one attached hydrogen (secondary N) is 1. The molecule has 0 radical (unpaired) electrons. The van der Waals surface area contributed by atoms with Crippen molar-refractivity contribution in [1.29, 1.82) is 0 Å². The maximum absolute atomic E-state index is 13.8. The van der Waals surface area contributed by atoms with Crippen LogP contribution in [0.25, 0.3) is 11.4 Å². The van der Waals surface area contributed by atoms with Gasteiger partial charge in [-0.05, 0) is 35.7 Å². The molecule has 5 nitrogen and oxygen atoms in total. The van der Waals surface area contributed by atoms with Crippen LogP contribution in [0.15, 0.2) is 52.7 Å². The third kappa shape index (κ3) is 3.95. The largest absolute Gasteiger partial charge is 0.365 e. The molecule has 0 amide bonds. The van der Waals surface area contributed by atoms with E-state index in [4.69, 9.17) is 0 Å². The Morgan fingerprint density at radius 1 is 1.17 bits per heavy atom.